The summed E-state index contributed by atoms with van der Waals surface area (Å²) in [6.07, 6.45) is 4.70. The number of carbonyl (C=O) groups excluding carboxylic acids is 1. The summed E-state index contributed by atoms with van der Waals surface area (Å²) in [7, 11) is 0. The van der Waals surface area contributed by atoms with E-state index < -0.39 is 0 Å². The van der Waals surface area contributed by atoms with Crippen molar-refractivity contribution in [2.45, 2.75) is 30.9 Å². The fourth-order valence-corrected chi connectivity index (χ4v) is 3.92. The Hall–Kier alpha value is -0.960. The van der Waals surface area contributed by atoms with Gasteiger partial charge in [0.1, 0.15) is 0 Å². The van der Waals surface area contributed by atoms with Crippen LogP contribution in [0.5, 0.6) is 0 Å². The first-order chi connectivity index (χ1) is 9.24. The summed E-state index contributed by atoms with van der Waals surface area (Å²) in [5.41, 5.74) is 1.19. The van der Waals surface area contributed by atoms with E-state index in [0.717, 1.165) is 31.3 Å². The van der Waals surface area contributed by atoms with Crippen molar-refractivity contribution >= 4 is 18.5 Å². The SMILES string of the molecule is O=C(C(S)Cc1ccccc1)N1CC2CCCC2C1. The largest absolute Gasteiger partial charge is 0.341 e. The van der Waals surface area contributed by atoms with Crippen LogP contribution in [0.1, 0.15) is 24.8 Å². The van der Waals surface area contributed by atoms with Crippen LogP contribution in [0.4, 0.5) is 0 Å². The van der Waals surface area contributed by atoms with Gasteiger partial charge in [-0.25, -0.2) is 0 Å². The number of benzene rings is 1. The van der Waals surface area contributed by atoms with Gasteiger partial charge in [-0.15, -0.1) is 0 Å². The molecule has 1 saturated heterocycles. The van der Waals surface area contributed by atoms with Gasteiger partial charge in [0.15, 0.2) is 0 Å². The van der Waals surface area contributed by atoms with Crippen LogP contribution in [0.3, 0.4) is 0 Å². The molecule has 1 aromatic rings. The van der Waals surface area contributed by atoms with Crippen molar-refractivity contribution in [2.24, 2.45) is 11.8 Å². The molecule has 3 rings (SSSR count). The molecule has 1 aromatic carbocycles. The Bertz CT molecular complexity index is 435. The normalized spacial score (nSPS) is 27.3. The lowest BCUT2D eigenvalue weighted by Crippen LogP contribution is -2.36. The molecule has 102 valence electrons. The van der Waals surface area contributed by atoms with Crippen molar-refractivity contribution in [3.8, 4) is 0 Å². The van der Waals surface area contributed by atoms with Gasteiger partial charge in [0.2, 0.25) is 5.91 Å². The fourth-order valence-electron chi connectivity index (χ4n) is 3.55. The Balaban J connectivity index is 1.58. The van der Waals surface area contributed by atoms with Gasteiger partial charge < -0.3 is 4.90 Å². The second kappa shape index (κ2) is 5.58. The lowest BCUT2D eigenvalue weighted by Gasteiger charge is -2.21. The minimum absolute atomic E-state index is 0.193. The van der Waals surface area contributed by atoms with Crippen molar-refractivity contribution < 1.29 is 4.79 Å². The third kappa shape index (κ3) is 2.81. The Morgan fingerprint density at radius 2 is 1.84 bits per heavy atom. The molecule has 0 spiro atoms. The first-order valence-corrected chi connectivity index (χ1v) is 7.76. The Morgan fingerprint density at radius 3 is 2.47 bits per heavy atom. The molecule has 0 aromatic heterocycles. The van der Waals surface area contributed by atoms with E-state index in [1.807, 2.05) is 18.2 Å². The van der Waals surface area contributed by atoms with E-state index in [4.69, 9.17) is 0 Å². The number of amides is 1. The van der Waals surface area contributed by atoms with Crippen molar-refractivity contribution in [2.75, 3.05) is 13.1 Å². The van der Waals surface area contributed by atoms with E-state index in [0.29, 0.717) is 0 Å². The fraction of sp³-hybridized carbons (Fsp3) is 0.562. The number of thiol groups is 1. The van der Waals surface area contributed by atoms with Gasteiger partial charge >= 0.3 is 0 Å². The molecule has 2 fully saturated rings. The third-order valence-corrected chi connectivity index (χ3v) is 5.00. The van der Waals surface area contributed by atoms with Crippen LogP contribution in [0.15, 0.2) is 30.3 Å². The summed E-state index contributed by atoms with van der Waals surface area (Å²) in [4.78, 5) is 14.5. The van der Waals surface area contributed by atoms with Crippen molar-refractivity contribution in [3.05, 3.63) is 35.9 Å². The van der Waals surface area contributed by atoms with Gasteiger partial charge in [-0.05, 0) is 36.7 Å². The molecule has 1 amide bonds. The van der Waals surface area contributed by atoms with E-state index in [9.17, 15) is 4.79 Å². The van der Waals surface area contributed by atoms with Gasteiger partial charge in [0.25, 0.3) is 0 Å². The summed E-state index contributed by atoms with van der Waals surface area (Å²) in [6.45, 7) is 1.94. The molecule has 19 heavy (non-hydrogen) atoms. The number of likely N-dealkylation sites (tertiary alicyclic amines) is 1. The molecule has 1 aliphatic carbocycles. The zero-order chi connectivity index (χ0) is 13.2. The van der Waals surface area contributed by atoms with Gasteiger partial charge in [-0.1, -0.05) is 36.8 Å². The molecule has 3 unspecified atom stereocenters. The van der Waals surface area contributed by atoms with Crippen LogP contribution in [0.25, 0.3) is 0 Å². The Morgan fingerprint density at radius 1 is 1.21 bits per heavy atom. The number of rotatable bonds is 3. The molecule has 2 aliphatic rings. The van der Waals surface area contributed by atoms with Gasteiger partial charge in [-0.3, -0.25) is 4.79 Å². The van der Waals surface area contributed by atoms with E-state index >= 15 is 0 Å². The number of hydrogen-bond donors (Lipinski definition) is 1. The maximum absolute atomic E-state index is 12.4. The van der Waals surface area contributed by atoms with E-state index in [-0.39, 0.29) is 11.2 Å². The second-order valence-electron chi connectivity index (χ2n) is 5.90. The first kappa shape index (κ1) is 13.0. The van der Waals surface area contributed by atoms with Gasteiger partial charge in [0, 0.05) is 13.1 Å². The molecule has 1 saturated carbocycles. The van der Waals surface area contributed by atoms with Crippen LogP contribution in [-0.2, 0) is 11.2 Å². The summed E-state index contributed by atoms with van der Waals surface area (Å²) >= 11 is 4.53. The van der Waals surface area contributed by atoms with Crippen LogP contribution in [0, 0.1) is 11.8 Å². The minimum Gasteiger partial charge on any atom is -0.341 e. The maximum atomic E-state index is 12.4. The smallest absolute Gasteiger partial charge is 0.235 e. The van der Waals surface area contributed by atoms with Crippen molar-refractivity contribution in [1.29, 1.82) is 0 Å². The number of nitrogens with zero attached hydrogens (tertiary/aromatic N) is 1. The number of carbonyl (C=O) groups is 1. The average molecular weight is 275 g/mol. The highest BCUT2D eigenvalue weighted by Crippen LogP contribution is 2.38. The maximum Gasteiger partial charge on any atom is 0.235 e. The van der Waals surface area contributed by atoms with Crippen molar-refractivity contribution in [3.63, 3.8) is 0 Å². The van der Waals surface area contributed by atoms with Crippen LogP contribution in [0.2, 0.25) is 0 Å². The van der Waals surface area contributed by atoms with Gasteiger partial charge in [-0.2, -0.15) is 12.6 Å². The molecule has 1 heterocycles. The molecular formula is C16H21NOS. The molecule has 2 nitrogen and oxygen atoms in total. The average Bonchev–Trinajstić information content (AvgIpc) is 2.99. The van der Waals surface area contributed by atoms with E-state index in [1.54, 1.807) is 0 Å². The van der Waals surface area contributed by atoms with E-state index in [2.05, 4.69) is 29.7 Å². The second-order valence-corrected chi connectivity index (χ2v) is 6.52. The predicted octanol–water partition coefficient (Wildman–Crippen LogP) is 2.79. The van der Waals surface area contributed by atoms with Crippen LogP contribution < -0.4 is 0 Å². The molecule has 1 aliphatic heterocycles. The summed E-state index contributed by atoms with van der Waals surface area (Å²) in [6, 6.07) is 10.2. The topological polar surface area (TPSA) is 20.3 Å². The molecular weight excluding hydrogens is 254 g/mol. The predicted molar refractivity (Wildman–Crippen MR) is 80.3 cm³/mol. The highest BCUT2D eigenvalue weighted by atomic mass is 32.1. The zero-order valence-electron chi connectivity index (χ0n) is 11.2. The summed E-state index contributed by atoms with van der Waals surface area (Å²) < 4.78 is 0. The zero-order valence-corrected chi connectivity index (χ0v) is 12.1. The summed E-state index contributed by atoms with van der Waals surface area (Å²) in [5.74, 6) is 1.75. The Labute approximate surface area is 120 Å². The Kier molecular flexibility index (Phi) is 3.83. The molecule has 0 bridgehead atoms. The highest BCUT2D eigenvalue weighted by Gasteiger charge is 2.39. The minimum atomic E-state index is -0.193. The standard InChI is InChI=1S/C16H21NOS/c18-16(15(19)9-12-5-2-1-3-6-12)17-10-13-7-4-8-14(13)11-17/h1-3,5-6,13-15,19H,4,7-11H2. The molecule has 3 atom stereocenters. The molecule has 3 heteroatoms. The number of fused-ring (bicyclic) bond motifs is 1. The quantitative estimate of drug-likeness (QED) is 0.841. The lowest BCUT2D eigenvalue weighted by atomic mass is 10.0. The highest BCUT2D eigenvalue weighted by molar-refractivity contribution is 7.81. The molecule has 0 radical (unpaired) electrons. The van der Waals surface area contributed by atoms with Crippen LogP contribution >= 0.6 is 12.6 Å². The lowest BCUT2D eigenvalue weighted by molar-refractivity contribution is -0.129. The summed E-state index contributed by atoms with van der Waals surface area (Å²) in [5, 5.41) is -0.193. The number of hydrogen-bond acceptors (Lipinski definition) is 2. The monoisotopic (exact) mass is 275 g/mol. The van der Waals surface area contributed by atoms with Crippen molar-refractivity contribution in [1.82, 2.24) is 4.90 Å². The van der Waals surface area contributed by atoms with Crippen LogP contribution in [-0.4, -0.2) is 29.1 Å². The van der Waals surface area contributed by atoms with Gasteiger partial charge in [0.05, 0.1) is 5.25 Å². The third-order valence-electron chi connectivity index (χ3n) is 4.59. The first-order valence-electron chi connectivity index (χ1n) is 7.25. The van der Waals surface area contributed by atoms with E-state index in [1.165, 1.54) is 24.8 Å². The molecule has 0 N–H and O–H groups in total.